The van der Waals surface area contributed by atoms with Crippen molar-refractivity contribution in [3.05, 3.63) is 93.5 Å². The molecule has 1 aliphatic heterocycles. The molecule has 0 saturated carbocycles. The molecule has 0 radical (unpaired) electrons. The molecule has 1 aliphatic rings. The highest BCUT2D eigenvalue weighted by Gasteiger charge is 2.14. The summed E-state index contributed by atoms with van der Waals surface area (Å²) >= 11 is 0. The molecule has 8 heteroatoms. The van der Waals surface area contributed by atoms with Crippen LogP contribution in [0.15, 0.2) is 66.7 Å². The summed E-state index contributed by atoms with van der Waals surface area (Å²) in [6.45, 7) is 1.08. The number of ether oxygens (including phenoxy) is 4. The Kier molecular flexibility index (Phi) is 6.54. The lowest BCUT2D eigenvalue weighted by molar-refractivity contribution is -0.384. The largest absolute Gasteiger partial charge is 0.496 e. The van der Waals surface area contributed by atoms with Crippen molar-refractivity contribution in [1.82, 2.24) is 0 Å². The fourth-order valence-electron chi connectivity index (χ4n) is 3.33. The van der Waals surface area contributed by atoms with Crippen molar-refractivity contribution in [2.45, 2.75) is 6.61 Å². The summed E-state index contributed by atoms with van der Waals surface area (Å²) in [5.74, 6) is 2.00. The average Bonchev–Trinajstić information content (AvgIpc) is 2.85. The van der Waals surface area contributed by atoms with E-state index in [2.05, 4.69) is 0 Å². The average molecular weight is 447 g/mol. The van der Waals surface area contributed by atoms with Gasteiger partial charge in [-0.15, -0.1) is 0 Å². The number of benzene rings is 3. The Balaban J connectivity index is 1.48. The third kappa shape index (κ3) is 5.30. The summed E-state index contributed by atoms with van der Waals surface area (Å²) in [4.78, 5) is 23.1. The number of allylic oxidation sites excluding steroid dienone is 1. The van der Waals surface area contributed by atoms with Crippen LogP contribution in [0.5, 0.6) is 23.0 Å². The van der Waals surface area contributed by atoms with Crippen LogP contribution >= 0.6 is 0 Å². The molecule has 0 aromatic heterocycles. The molecule has 0 amide bonds. The van der Waals surface area contributed by atoms with E-state index in [1.54, 1.807) is 49.6 Å². The van der Waals surface area contributed by atoms with E-state index >= 15 is 0 Å². The second-order valence-electron chi connectivity index (χ2n) is 7.17. The van der Waals surface area contributed by atoms with Gasteiger partial charge in [-0.3, -0.25) is 14.9 Å². The number of carbonyl (C=O) groups excluding carboxylic acids is 1. The lowest BCUT2D eigenvalue weighted by Gasteiger charge is -2.18. The van der Waals surface area contributed by atoms with Crippen LogP contribution in [0.25, 0.3) is 6.08 Å². The molecule has 0 saturated heterocycles. The van der Waals surface area contributed by atoms with Crippen LogP contribution in [0.3, 0.4) is 0 Å². The van der Waals surface area contributed by atoms with Crippen molar-refractivity contribution in [3.8, 4) is 23.0 Å². The predicted octanol–water partition coefficient (Wildman–Crippen LogP) is 4.85. The maximum Gasteiger partial charge on any atom is 0.273 e. The summed E-state index contributed by atoms with van der Waals surface area (Å²) in [7, 11) is 1.55. The molecule has 0 aliphatic carbocycles. The third-order valence-corrected chi connectivity index (χ3v) is 4.98. The second-order valence-corrected chi connectivity index (χ2v) is 7.17. The molecule has 3 aromatic carbocycles. The van der Waals surface area contributed by atoms with Crippen molar-refractivity contribution in [2.24, 2.45) is 0 Å². The molecule has 0 N–H and O–H groups in total. The Bertz CT molecular complexity index is 1220. The van der Waals surface area contributed by atoms with Gasteiger partial charge in [0.2, 0.25) is 0 Å². The zero-order valence-electron chi connectivity index (χ0n) is 17.9. The molecule has 4 rings (SSSR count). The minimum atomic E-state index is -0.475. The smallest absolute Gasteiger partial charge is 0.273 e. The molecule has 3 aromatic rings. The van der Waals surface area contributed by atoms with Crippen LogP contribution in [0.1, 0.15) is 21.5 Å². The molecule has 0 fully saturated rings. The molecule has 0 unspecified atom stereocenters. The third-order valence-electron chi connectivity index (χ3n) is 4.98. The summed E-state index contributed by atoms with van der Waals surface area (Å²) in [5.41, 5.74) is 1.96. The molecule has 33 heavy (non-hydrogen) atoms. The number of hydrogen-bond donors (Lipinski definition) is 0. The van der Waals surface area contributed by atoms with Crippen LogP contribution in [0.2, 0.25) is 0 Å². The van der Waals surface area contributed by atoms with Gasteiger partial charge < -0.3 is 18.9 Å². The van der Waals surface area contributed by atoms with Gasteiger partial charge in [0.25, 0.3) is 5.69 Å². The fourth-order valence-corrected chi connectivity index (χ4v) is 3.33. The minimum absolute atomic E-state index is 0.0474. The lowest BCUT2D eigenvalue weighted by Crippen LogP contribution is -2.15. The number of nitrogens with zero attached hydrogens (tertiary/aromatic N) is 1. The summed E-state index contributed by atoms with van der Waals surface area (Å²) in [6.07, 6.45) is 3.19. The van der Waals surface area contributed by atoms with E-state index in [9.17, 15) is 14.9 Å². The van der Waals surface area contributed by atoms with E-state index in [0.717, 1.165) is 11.1 Å². The van der Waals surface area contributed by atoms with Gasteiger partial charge in [0.15, 0.2) is 17.3 Å². The van der Waals surface area contributed by atoms with Crippen molar-refractivity contribution < 1.29 is 28.7 Å². The Morgan fingerprint density at radius 1 is 1.06 bits per heavy atom. The number of methoxy groups -OCH3 is 1. The number of rotatable bonds is 8. The maximum atomic E-state index is 12.6. The Hall–Kier alpha value is -4.33. The number of nitro benzene ring substituents is 1. The molecular weight excluding hydrogens is 426 g/mol. The Morgan fingerprint density at radius 3 is 2.67 bits per heavy atom. The number of hydrogen-bond acceptors (Lipinski definition) is 7. The van der Waals surface area contributed by atoms with E-state index in [0.29, 0.717) is 41.8 Å². The first-order valence-corrected chi connectivity index (χ1v) is 10.2. The number of non-ortho nitro benzene ring substituents is 1. The van der Waals surface area contributed by atoms with E-state index in [1.165, 1.54) is 18.2 Å². The van der Waals surface area contributed by atoms with Gasteiger partial charge in [0.1, 0.15) is 31.3 Å². The van der Waals surface area contributed by atoms with Crippen LogP contribution in [-0.2, 0) is 6.61 Å². The zero-order valence-corrected chi connectivity index (χ0v) is 17.9. The maximum absolute atomic E-state index is 12.6. The van der Waals surface area contributed by atoms with Gasteiger partial charge in [-0.2, -0.15) is 0 Å². The molecule has 1 heterocycles. The topological polar surface area (TPSA) is 97.1 Å². The molecule has 0 atom stereocenters. The highest BCUT2D eigenvalue weighted by atomic mass is 16.6. The van der Waals surface area contributed by atoms with Crippen molar-refractivity contribution >= 4 is 17.5 Å². The van der Waals surface area contributed by atoms with Crippen molar-refractivity contribution in [1.29, 1.82) is 0 Å². The molecule has 8 nitrogen and oxygen atoms in total. The van der Waals surface area contributed by atoms with Gasteiger partial charge in [-0.1, -0.05) is 18.2 Å². The van der Waals surface area contributed by atoms with Crippen molar-refractivity contribution in [3.63, 3.8) is 0 Å². The molecule has 168 valence electrons. The van der Waals surface area contributed by atoms with E-state index in [-0.39, 0.29) is 18.1 Å². The van der Waals surface area contributed by atoms with Crippen molar-refractivity contribution in [2.75, 3.05) is 20.3 Å². The van der Waals surface area contributed by atoms with Crippen LogP contribution in [0, 0.1) is 10.1 Å². The first-order chi connectivity index (χ1) is 16.0. The summed E-state index contributed by atoms with van der Waals surface area (Å²) < 4.78 is 22.1. The highest BCUT2D eigenvalue weighted by Crippen LogP contribution is 2.31. The van der Waals surface area contributed by atoms with Crippen LogP contribution < -0.4 is 18.9 Å². The first kappa shape index (κ1) is 21.9. The SMILES string of the molecule is COc1ccc(/C=C/C(=O)c2ccc3c(c2)OCCO3)cc1COc1cccc([N+](=O)[O-])c1. The number of carbonyl (C=O) groups is 1. The van der Waals surface area contributed by atoms with Gasteiger partial charge >= 0.3 is 0 Å². The van der Waals surface area contributed by atoms with Gasteiger partial charge in [-0.25, -0.2) is 0 Å². The van der Waals surface area contributed by atoms with Crippen LogP contribution in [-0.4, -0.2) is 31.0 Å². The number of ketones is 1. The molecular formula is C25H21NO7. The summed E-state index contributed by atoms with van der Waals surface area (Å²) in [6, 6.07) is 16.5. The number of fused-ring (bicyclic) bond motifs is 1. The second kappa shape index (κ2) is 9.86. The standard InChI is InChI=1S/C25H21NO7/c1-30-23-9-6-17(13-19(23)16-33-21-4-2-3-20(15-21)26(28)29)5-8-22(27)18-7-10-24-25(14-18)32-12-11-31-24/h2-10,13-15H,11-12,16H2,1H3/b8-5+. The van der Waals surface area contributed by atoms with Gasteiger partial charge in [0.05, 0.1) is 18.1 Å². The minimum Gasteiger partial charge on any atom is -0.496 e. The summed E-state index contributed by atoms with van der Waals surface area (Å²) in [5, 5.41) is 11.0. The van der Waals surface area contributed by atoms with E-state index in [4.69, 9.17) is 18.9 Å². The van der Waals surface area contributed by atoms with Crippen LogP contribution in [0.4, 0.5) is 5.69 Å². The zero-order chi connectivity index (χ0) is 23.2. The lowest BCUT2D eigenvalue weighted by atomic mass is 10.1. The molecule has 0 spiro atoms. The monoisotopic (exact) mass is 447 g/mol. The van der Waals surface area contributed by atoms with Gasteiger partial charge in [-0.05, 0) is 48.0 Å². The Morgan fingerprint density at radius 2 is 1.88 bits per heavy atom. The molecule has 0 bridgehead atoms. The quantitative estimate of drug-likeness (QED) is 0.211. The number of nitro groups is 1. The Labute approximate surface area is 190 Å². The van der Waals surface area contributed by atoms with E-state index < -0.39 is 4.92 Å². The first-order valence-electron chi connectivity index (χ1n) is 10.2. The normalized spacial score (nSPS) is 12.4. The fraction of sp³-hybridized carbons (Fsp3) is 0.160. The highest BCUT2D eigenvalue weighted by molar-refractivity contribution is 6.07. The predicted molar refractivity (Wildman–Crippen MR) is 121 cm³/mol. The van der Waals surface area contributed by atoms with Gasteiger partial charge in [0, 0.05) is 17.2 Å². The van der Waals surface area contributed by atoms with E-state index in [1.807, 2.05) is 12.1 Å².